The third-order valence-corrected chi connectivity index (χ3v) is 7.34. The third-order valence-electron chi connectivity index (χ3n) is 7.34. The third kappa shape index (κ3) is 6.53. The highest BCUT2D eigenvalue weighted by Crippen LogP contribution is 2.40. The van der Waals surface area contributed by atoms with E-state index in [1.165, 1.54) is 19.2 Å². The second kappa shape index (κ2) is 12.6. The Kier molecular flexibility index (Phi) is 8.69. The number of ether oxygens (including phenoxy) is 2. The summed E-state index contributed by atoms with van der Waals surface area (Å²) in [5.41, 5.74) is 1.96. The lowest BCUT2D eigenvalue weighted by Gasteiger charge is -2.25. The number of aliphatic hydroxyl groups excluding tert-OH is 2. The number of benzene rings is 3. The van der Waals surface area contributed by atoms with Crippen molar-refractivity contribution in [2.75, 3.05) is 25.6 Å². The average molecular weight is 578 g/mol. The van der Waals surface area contributed by atoms with Crippen LogP contribution in [-0.4, -0.2) is 65.4 Å². The van der Waals surface area contributed by atoms with Gasteiger partial charge in [0.2, 0.25) is 5.91 Å². The molecule has 10 nitrogen and oxygen atoms in total. The molecule has 0 bridgehead atoms. The SMILES string of the molecule is COc1ccc(C[C@@H](C(=O)Nc2ccc(C3CC3)cc2F)N2C(=O)N[C@H](c3ccc(OC[C@H](O)CO)cc3)C2=O)cc1. The van der Waals surface area contributed by atoms with Crippen molar-refractivity contribution < 1.29 is 38.5 Å². The van der Waals surface area contributed by atoms with Gasteiger partial charge >= 0.3 is 6.03 Å². The molecule has 1 heterocycles. The fourth-order valence-corrected chi connectivity index (χ4v) is 4.82. The number of nitrogens with one attached hydrogen (secondary N) is 2. The Morgan fingerprint density at radius 2 is 1.71 bits per heavy atom. The van der Waals surface area contributed by atoms with Gasteiger partial charge in [-0.15, -0.1) is 0 Å². The topological polar surface area (TPSA) is 137 Å². The summed E-state index contributed by atoms with van der Waals surface area (Å²) < 4.78 is 25.5. The number of hydrogen-bond acceptors (Lipinski definition) is 7. The van der Waals surface area contributed by atoms with E-state index in [-0.39, 0.29) is 18.7 Å². The zero-order valence-electron chi connectivity index (χ0n) is 23.0. The summed E-state index contributed by atoms with van der Waals surface area (Å²) in [5.74, 6) is -0.596. The molecule has 2 aliphatic rings. The number of imide groups is 1. The fraction of sp³-hybridized carbons (Fsp3) is 0.323. The van der Waals surface area contributed by atoms with E-state index in [1.54, 1.807) is 54.6 Å². The first-order valence-electron chi connectivity index (χ1n) is 13.7. The molecule has 4 amide bonds. The second-order valence-corrected chi connectivity index (χ2v) is 10.4. The number of amides is 4. The van der Waals surface area contributed by atoms with Crippen LogP contribution < -0.4 is 20.1 Å². The van der Waals surface area contributed by atoms with Crippen molar-refractivity contribution in [3.8, 4) is 11.5 Å². The highest BCUT2D eigenvalue weighted by molar-refractivity contribution is 6.09. The van der Waals surface area contributed by atoms with Crippen LogP contribution in [0.15, 0.2) is 66.7 Å². The highest BCUT2D eigenvalue weighted by Gasteiger charge is 2.45. The van der Waals surface area contributed by atoms with E-state index in [0.29, 0.717) is 28.5 Å². The van der Waals surface area contributed by atoms with Crippen molar-refractivity contribution in [1.82, 2.24) is 10.2 Å². The van der Waals surface area contributed by atoms with Crippen LogP contribution >= 0.6 is 0 Å². The zero-order valence-corrected chi connectivity index (χ0v) is 23.0. The summed E-state index contributed by atoms with van der Waals surface area (Å²) >= 11 is 0. The zero-order chi connectivity index (χ0) is 29.8. The molecule has 1 aliphatic carbocycles. The molecule has 3 aromatic rings. The molecule has 1 saturated carbocycles. The minimum Gasteiger partial charge on any atom is -0.497 e. The van der Waals surface area contributed by atoms with E-state index >= 15 is 0 Å². The number of halogens is 1. The summed E-state index contributed by atoms with van der Waals surface area (Å²) in [4.78, 5) is 41.3. The molecule has 1 aliphatic heterocycles. The lowest BCUT2D eigenvalue weighted by atomic mass is 10.0. The maximum Gasteiger partial charge on any atom is 0.325 e. The maximum atomic E-state index is 14.9. The first-order valence-corrected chi connectivity index (χ1v) is 13.7. The highest BCUT2D eigenvalue weighted by atomic mass is 19.1. The molecule has 2 fully saturated rings. The average Bonchev–Trinajstić information content (AvgIpc) is 3.81. The number of methoxy groups -OCH3 is 1. The molecule has 4 N–H and O–H groups in total. The molecule has 220 valence electrons. The summed E-state index contributed by atoms with van der Waals surface area (Å²) in [5, 5.41) is 23.6. The Bertz CT molecular complexity index is 1440. The smallest absolute Gasteiger partial charge is 0.325 e. The fourth-order valence-electron chi connectivity index (χ4n) is 4.82. The maximum absolute atomic E-state index is 14.9. The van der Waals surface area contributed by atoms with Crippen molar-refractivity contribution in [2.45, 2.75) is 43.4 Å². The van der Waals surface area contributed by atoms with Crippen LogP contribution in [0.25, 0.3) is 0 Å². The van der Waals surface area contributed by atoms with Crippen LogP contribution in [0.1, 0.15) is 41.5 Å². The van der Waals surface area contributed by atoms with Gasteiger partial charge in [-0.25, -0.2) is 14.1 Å². The largest absolute Gasteiger partial charge is 0.497 e. The van der Waals surface area contributed by atoms with Crippen LogP contribution in [0.5, 0.6) is 11.5 Å². The molecule has 0 spiro atoms. The lowest BCUT2D eigenvalue weighted by molar-refractivity contribution is -0.134. The standard InChI is InChI=1S/C31H32FN3O7/c1-41-23-9-2-18(3-10-23)14-27(29(38)33-26-13-8-21(15-25(26)32)19-4-5-19)35-30(39)28(34-31(35)40)20-6-11-24(12-7-20)42-17-22(37)16-36/h2-3,6-13,15,19,22,27-28,36-37H,4-5,14,16-17H2,1H3,(H,33,38)(H,34,40)/t22-,27+,28-/m1/s1. The van der Waals surface area contributed by atoms with Gasteiger partial charge in [0.05, 0.1) is 19.4 Å². The molecule has 42 heavy (non-hydrogen) atoms. The number of rotatable bonds is 12. The molecule has 3 aromatic carbocycles. The summed E-state index contributed by atoms with van der Waals surface area (Å²) in [6.07, 6.45) is 0.965. The first-order chi connectivity index (χ1) is 20.3. The summed E-state index contributed by atoms with van der Waals surface area (Å²) in [6, 6.07) is 14.8. The van der Waals surface area contributed by atoms with E-state index in [0.717, 1.165) is 23.3 Å². The van der Waals surface area contributed by atoms with E-state index in [2.05, 4.69) is 10.6 Å². The van der Waals surface area contributed by atoms with E-state index < -0.39 is 48.5 Å². The predicted octanol–water partition coefficient (Wildman–Crippen LogP) is 3.29. The lowest BCUT2D eigenvalue weighted by Crippen LogP contribution is -2.49. The Morgan fingerprint density at radius 3 is 2.33 bits per heavy atom. The number of nitrogens with zero attached hydrogens (tertiary/aromatic N) is 1. The summed E-state index contributed by atoms with van der Waals surface area (Å²) in [6.45, 7) is -0.561. The monoisotopic (exact) mass is 577 g/mol. The molecule has 0 radical (unpaired) electrons. The predicted molar refractivity (Wildman–Crippen MR) is 151 cm³/mol. The Hall–Kier alpha value is -4.48. The molecule has 0 aromatic heterocycles. The van der Waals surface area contributed by atoms with E-state index in [1.807, 2.05) is 0 Å². The van der Waals surface area contributed by atoms with E-state index in [4.69, 9.17) is 14.6 Å². The second-order valence-electron chi connectivity index (χ2n) is 10.4. The van der Waals surface area contributed by atoms with Crippen LogP contribution in [0.4, 0.5) is 14.9 Å². The number of anilines is 1. The van der Waals surface area contributed by atoms with Crippen LogP contribution in [-0.2, 0) is 16.0 Å². The Morgan fingerprint density at radius 1 is 1.05 bits per heavy atom. The van der Waals surface area contributed by atoms with Crippen LogP contribution in [0, 0.1) is 5.82 Å². The van der Waals surface area contributed by atoms with Crippen LogP contribution in [0.3, 0.4) is 0 Å². The van der Waals surface area contributed by atoms with Gasteiger partial charge in [-0.3, -0.25) is 9.59 Å². The van der Waals surface area contributed by atoms with Crippen molar-refractivity contribution >= 4 is 23.5 Å². The van der Waals surface area contributed by atoms with Gasteiger partial charge in [0.1, 0.15) is 42.1 Å². The van der Waals surface area contributed by atoms with Crippen molar-refractivity contribution in [3.63, 3.8) is 0 Å². The molecule has 5 rings (SSSR count). The van der Waals surface area contributed by atoms with Crippen LogP contribution in [0.2, 0.25) is 0 Å². The molecule has 3 atom stereocenters. The number of hydrogen-bond donors (Lipinski definition) is 4. The van der Waals surface area contributed by atoms with Gasteiger partial charge < -0.3 is 30.3 Å². The Balaban J connectivity index is 1.37. The van der Waals surface area contributed by atoms with Crippen molar-refractivity contribution in [2.24, 2.45) is 0 Å². The normalized spacial score (nSPS) is 17.9. The van der Waals surface area contributed by atoms with Crippen molar-refractivity contribution in [3.05, 3.63) is 89.2 Å². The van der Waals surface area contributed by atoms with E-state index in [9.17, 15) is 23.9 Å². The van der Waals surface area contributed by atoms with Gasteiger partial charge in [-0.1, -0.05) is 30.3 Å². The molecule has 11 heteroatoms. The Labute approximate surface area is 242 Å². The number of carbonyl (C=O) groups is 3. The minimum atomic E-state index is -1.28. The van der Waals surface area contributed by atoms with Gasteiger partial charge in [0.15, 0.2) is 0 Å². The molecule has 0 unspecified atom stereocenters. The number of urea groups is 1. The number of carbonyl (C=O) groups excluding carboxylic acids is 3. The van der Waals surface area contributed by atoms with Gasteiger partial charge in [0, 0.05) is 6.42 Å². The van der Waals surface area contributed by atoms with Crippen molar-refractivity contribution in [1.29, 1.82) is 0 Å². The first kappa shape index (κ1) is 29.0. The molecular formula is C31H32FN3O7. The molecular weight excluding hydrogens is 545 g/mol. The van der Waals surface area contributed by atoms with Gasteiger partial charge in [-0.2, -0.15) is 0 Å². The van der Waals surface area contributed by atoms with Gasteiger partial charge in [0.25, 0.3) is 5.91 Å². The molecule has 1 saturated heterocycles. The minimum absolute atomic E-state index is 0.0105. The quantitative estimate of drug-likeness (QED) is 0.243. The van der Waals surface area contributed by atoms with Gasteiger partial charge in [-0.05, 0) is 71.8 Å². The number of aliphatic hydroxyl groups is 2. The summed E-state index contributed by atoms with van der Waals surface area (Å²) in [7, 11) is 1.53.